The summed E-state index contributed by atoms with van der Waals surface area (Å²) in [7, 11) is 1.76. The summed E-state index contributed by atoms with van der Waals surface area (Å²) >= 11 is 11.9. The molecule has 100 valence electrons. The Balaban J connectivity index is 2.10. The summed E-state index contributed by atoms with van der Waals surface area (Å²) in [6.07, 6.45) is 4.09. The van der Waals surface area contributed by atoms with Gasteiger partial charge in [-0.05, 0) is 30.4 Å². The molecule has 0 bridgehead atoms. The first-order valence-corrected chi connectivity index (χ1v) is 7.10. The largest absolute Gasteiger partial charge is 0.384 e. The zero-order valence-electron chi connectivity index (χ0n) is 10.5. The molecule has 1 aromatic heterocycles. The summed E-state index contributed by atoms with van der Waals surface area (Å²) in [5.41, 5.74) is 0.942. The molecule has 0 spiro atoms. The SMILES string of the molecule is COCC1CCCN(c2cc(CCl)c(Cl)cn2)C1. The molecule has 1 aliphatic heterocycles. The molecule has 1 fully saturated rings. The lowest BCUT2D eigenvalue weighted by atomic mass is 9.99. The van der Waals surface area contributed by atoms with Crippen molar-refractivity contribution in [1.82, 2.24) is 4.98 Å². The summed E-state index contributed by atoms with van der Waals surface area (Å²) in [6, 6.07) is 1.99. The first-order valence-electron chi connectivity index (χ1n) is 6.19. The van der Waals surface area contributed by atoms with Crippen LogP contribution in [-0.4, -0.2) is 31.8 Å². The monoisotopic (exact) mass is 288 g/mol. The van der Waals surface area contributed by atoms with Crippen molar-refractivity contribution in [3.05, 3.63) is 22.8 Å². The fourth-order valence-electron chi connectivity index (χ4n) is 2.39. The van der Waals surface area contributed by atoms with E-state index in [1.807, 2.05) is 6.07 Å². The van der Waals surface area contributed by atoms with Gasteiger partial charge in [-0.25, -0.2) is 4.98 Å². The van der Waals surface area contributed by atoms with Gasteiger partial charge in [-0.15, -0.1) is 11.6 Å². The van der Waals surface area contributed by atoms with E-state index >= 15 is 0 Å². The Bertz CT molecular complexity index is 399. The predicted octanol–water partition coefficient (Wildman–Crippen LogP) is 3.34. The van der Waals surface area contributed by atoms with Crippen LogP contribution in [0.4, 0.5) is 5.82 Å². The third kappa shape index (κ3) is 3.28. The van der Waals surface area contributed by atoms with E-state index in [1.54, 1.807) is 13.3 Å². The number of hydrogen-bond donors (Lipinski definition) is 0. The second-order valence-electron chi connectivity index (χ2n) is 4.68. The van der Waals surface area contributed by atoms with Crippen molar-refractivity contribution in [2.24, 2.45) is 5.92 Å². The van der Waals surface area contributed by atoms with Crippen LogP contribution in [0.25, 0.3) is 0 Å². The van der Waals surface area contributed by atoms with Crippen molar-refractivity contribution in [3.63, 3.8) is 0 Å². The van der Waals surface area contributed by atoms with Gasteiger partial charge in [0, 0.05) is 32.3 Å². The zero-order valence-corrected chi connectivity index (χ0v) is 12.0. The van der Waals surface area contributed by atoms with Crippen LogP contribution in [0.15, 0.2) is 12.3 Å². The molecule has 0 amide bonds. The third-order valence-electron chi connectivity index (χ3n) is 3.31. The number of methoxy groups -OCH3 is 1. The van der Waals surface area contributed by atoms with Crippen LogP contribution in [-0.2, 0) is 10.6 Å². The molecule has 0 aromatic carbocycles. The average Bonchev–Trinajstić information content (AvgIpc) is 2.40. The van der Waals surface area contributed by atoms with E-state index < -0.39 is 0 Å². The molecule has 1 unspecified atom stereocenters. The molecular formula is C13H18Cl2N2O. The van der Waals surface area contributed by atoms with Crippen LogP contribution in [0.3, 0.4) is 0 Å². The minimum absolute atomic E-state index is 0.420. The molecule has 0 aliphatic carbocycles. The lowest BCUT2D eigenvalue weighted by Crippen LogP contribution is -2.37. The van der Waals surface area contributed by atoms with Gasteiger partial charge in [-0.3, -0.25) is 0 Å². The summed E-state index contributed by atoms with van der Waals surface area (Å²) in [6.45, 7) is 2.84. The highest BCUT2D eigenvalue weighted by atomic mass is 35.5. The number of anilines is 1. The van der Waals surface area contributed by atoms with Crippen LogP contribution in [0.1, 0.15) is 18.4 Å². The Morgan fingerprint density at radius 2 is 2.39 bits per heavy atom. The molecule has 5 heteroatoms. The number of nitrogens with zero attached hydrogens (tertiary/aromatic N) is 2. The van der Waals surface area contributed by atoms with Crippen LogP contribution >= 0.6 is 23.2 Å². The van der Waals surface area contributed by atoms with Gasteiger partial charge < -0.3 is 9.64 Å². The second-order valence-corrected chi connectivity index (χ2v) is 5.35. The number of piperidine rings is 1. The van der Waals surface area contributed by atoms with Gasteiger partial charge in [-0.1, -0.05) is 11.6 Å². The molecule has 0 radical (unpaired) electrons. The fraction of sp³-hybridized carbons (Fsp3) is 0.615. The number of rotatable bonds is 4. The van der Waals surface area contributed by atoms with Gasteiger partial charge in [0.15, 0.2) is 0 Å². The number of hydrogen-bond acceptors (Lipinski definition) is 3. The van der Waals surface area contributed by atoms with Crippen molar-refractivity contribution >= 4 is 29.0 Å². The molecule has 2 rings (SSSR count). The maximum atomic E-state index is 6.03. The molecular weight excluding hydrogens is 271 g/mol. The number of halogens is 2. The highest BCUT2D eigenvalue weighted by molar-refractivity contribution is 6.32. The number of alkyl halides is 1. The topological polar surface area (TPSA) is 25.4 Å². The zero-order chi connectivity index (χ0) is 13.0. The van der Waals surface area contributed by atoms with Crippen LogP contribution < -0.4 is 4.90 Å². The van der Waals surface area contributed by atoms with E-state index in [1.165, 1.54) is 12.8 Å². The Hall–Kier alpha value is -0.510. The molecule has 1 atom stereocenters. The predicted molar refractivity (Wildman–Crippen MR) is 75.6 cm³/mol. The molecule has 18 heavy (non-hydrogen) atoms. The summed E-state index contributed by atoms with van der Waals surface area (Å²) in [5.74, 6) is 1.97. The fourth-order valence-corrected chi connectivity index (χ4v) is 2.85. The quantitative estimate of drug-likeness (QED) is 0.795. The van der Waals surface area contributed by atoms with E-state index in [4.69, 9.17) is 27.9 Å². The normalized spacial score (nSPS) is 20.2. The maximum absolute atomic E-state index is 6.03. The van der Waals surface area contributed by atoms with E-state index in [-0.39, 0.29) is 0 Å². The molecule has 1 aliphatic rings. The molecule has 1 aromatic rings. The summed E-state index contributed by atoms with van der Waals surface area (Å²) < 4.78 is 5.24. The Morgan fingerprint density at radius 3 is 3.11 bits per heavy atom. The Kier molecular flexibility index (Phi) is 5.10. The van der Waals surface area contributed by atoms with Crippen molar-refractivity contribution in [3.8, 4) is 0 Å². The van der Waals surface area contributed by atoms with Crippen LogP contribution in [0.2, 0.25) is 5.02 Å². The summed E-state index contributed by atoms with van der Waals surface area (Å²) in [5, 5.41) is 0.638. The number of pyridine rings is 1. The third-order valence-corrected chi connectivity index (χ3v) is 3.94. The highest BCUT2D eigenvalue weighted by Gasteiger charge is 2.21. The Labute approximate surface area is 118 Å². The first kappa shape index (κ1) is 13.9. The van der Waals surface area contributed by atoms with Crippen molar-refractivity contribution < 1.29 is 4.74 Å². The van der Waals surface area contributed by atoms with E-state index in [0.29, 0.717) is 16.8 Å². The number of ether oxygens (including phenoxy) is 1. The lowest BCUT2D eigenvalue weighted by Gasteiger charge is -2.33. The minimum Gasteiger partial charge on any atom is -0.384 e. The van der Waals surface area contributed by atoms with E-state index in [0.717, 1.165) is 31.1 Å². The van der Waals surface area contributed by atoms with Gasteiger partial charge >= 0.3 is 0 Å². The second kappa shape index (κ2) is 6.60. The highest BCUT2D eigenvalue weighted by Crippen LogP contribution is 2.26. The van der Waals surface area contributed by atoms with Crippen molar-refractivity contribution in [1.29, 1.82) is 0 Å². The van der Waals surface area contributed by atoms with Gasteiger partial charge in [0.2, 0.25) is 0 Å². The minimum atomic E-state index is 0.420. The molecule has 0 N–H and O–H groups in total. The average molecular weight is 289 g/mol. The smallest absolute Gasteiger partial charge is 0.128 e. The Morgan fingerprint density at radius 1 is 1.56 bits per heavy atom. The van der Waals surface area contributed by atoms with Gasteiger partial charge in [-0.2, -0.15) is 0 Å². The maximum Gasteiger partial charge on any atom is 0.128 e. The molecule has 1 saturated heterocycles. The molecule has 2 heterocycles. The van der Waals surface area contributed by atoms with Crippen molar-refractivity contribution in [2.75, 3.05) is 31.7 Å². The first-order chi connectivity index (χ1) is 8.74. The van der Waals surface area contributed by atoms with Crippen molar-refractivity contribution in [2.45, 2.75) is 18.7 Å². The van der Waals surface area contributed by atoms with E-state index in [2.05, 4.69) is 9.88 Å². The number of aromatic nitrogens is 1. The lowest BCUT2D eigenvalue weighted by molar-refractivity contribution is 0.143. The van der Waals surface area contributed by atoms with Gasteiger partial charge in [0.25, 0.3) is 0 Å². The van der Waals surface area contributed by atoms with Gasteiger partial charge in [0.1, 0.15) is 5.82 Å². The summed E-state index contributed by atoms with van der Waals surface area (Å²) in [4.78, 5) is 6.69. The van der Waals surface area contributed by atoms with Gasteiger partial charge in [0.05, 0.1) is 11.6 Å². The molecule has 3 nitrogen and oxygen atoms in total. The van der Waals surface area contributed by atoms with Crippen LogP contribution in [0, 0.1) is 5.92 Å². The molecule has 0 saturated carbocycles. The van der Waals surface area contributed by atoms with Crippen LogP contribution in [0.5, 0.6) is 0 Å². The standard InChI is InChI=1S/C13H18Cl2N2O/c1-18-9-10-3-2-4-17(8-10)13-5-11(6-14)12(15)7-16-13/h5,7,10H,2-4,6,8-9H2,1H3. The van der Waals surface area contributed by atoms with E-state index in [9.17, 15) is 0 Å².